The van der Waals surface area contributed by atoms with Gasteiger partial charge in [-0.2, -0.15) is 21.0 Å². The van der Waals surface area contributed by atoms with Crippen LogP contribution in [0.4, 0.5) is 22.7 Å². The standard InChI is InChI=1S/C35H22N6/c1-21-10-26(40-32-6-2-22(17-36)12-28(32)29-13-23(18-37)3-7-33(29)40)16-27(11-21)41-34-8-4-24(19-38)14-30(34)31-15-25(20-39)5-9-35(31)41/h2-16,28,30,32,34H,1H3. The fourth-order valence-electron chi connectivity index (χ4n) is 6.71. The molecular formula is C35H22N6. The smallest absolute Gasteiger partial charge is 0.0991 e. The number of allylic oxidation sites excluding steroid dienone is 4. The molecule has 4 aliphatic rings. The monoisotopic (exact) mass is 526 g/mol. The van der Waals surface area contributed by atoms with Gasteiger partial charge < -0.3 is 9.80 Å². The summed E-state index contributed by atoms with van der Waals surface area (Å²) in [4.78, 5) is 4.60. The SMILES string of the molecule is Cc1cc(N2c3ccc(C#N)cc3C3C=C(C#N)C=CC32)cc(N2c3ccc(C#N)cc3C3C=C(C#N)C=CC32)c1. The van der Waals surface area contributed by atoms with E-state index in [1.807, 2.05) is 60.7 Å². The molecule has 0 amide bonds. The first-order chi connectivity index (χ1) is 20.0. The largest absolute Gasteiger partial charge is 0.333 e. The molecule has 0 radical (unpaired) electrons. The predicted octanol–water partition coefficient (Wildman–Crippen LogP) is 6.99. The fraction of sp³-hybridized carbons (Fsp3) is 0.143. The molecule has 2 aliphatic heterocycles. The minimum absolute atomic E-state index is 0.0295. The second-order valence-corrected chi connectivity index (χ2v) is 10.8. The van der Waals surface area contributed by atoms with Crippen molar-refractivity contribution in [3.63, 3.8) is 0 Å². The van der Waals surface area contributed by atoms with E-state index in [-0.39, 0.29) is 23.9 Å². The lowest BCUT2D eigenvalue weighted by atomic mass is 9.88. The fourth-order valence-corrected chi connectivity index (χ4v) is 6.71. The number of anilines is 4. The van der Waals surface area contributed by atoms with Crippen molar-refractivity contribution in [2.45, 2.75) is 30.8 Å². The van der Waals surface area contributed by atoms with Gasteiger partial charge in [-0.15, -0.1) is 0 Å². The molecule has 0 spiro atoms. The van der Waals surface area contributed by atoms with E-state index in [9.17, 15) is 21.0 Å². The van der Waals surface area contributed by atoms with E-state index in [0.717, 1.165) is 39.4 Å². The Bertz CT molecular complexity index is 1810. The molecule has 0 saturated carbocycles. The lowest BCUT2D eigenvalue weighted by Gasteiger charge is -2.33. The molecule has 0 N–H and O–H groups in total. The highest BCUT2D eigenvalue weighted by Crippen LogP contribution is 2.52. The third kappa shape index (κ3) is 3.67. The van der Waals surface area contributed by atoms with Gasteiger partial charge in [-0.3, -0.25) is 0 Å². The maximum Gasteiger partial charge on any atom is 0.0991 e. The van der Waals surface area contributed by atoms with Gasteiger partial charge in [0, 0.05) is 45.7 Å². The van der Waals surface area contributed by atoms with Crippen molar-refractivity contribution in [2.75, 3.05) is 9.80 Å². The van der Waals surface area contributed by atoms with E-state index in [4.69, 9.17) is 0 Å². The average Bonchev–Trinajstić information content (AvgIpc) is 3.51. The minimum atomic E-state index is -0.0426. The highest BCUT2D eigenvalue weighted by atomic mass is 15.2. The van der Waals surface area contributed by atoms with Gasteiger partial charge in [0.15, 0.2) is 0 Å². The van der Waals surface area contributed by atoms with Gasteiger partial charge in [0.05, 0.1) is 47.5 Å². The first kappa shape index (κ1) is 24.2. The third-order valence-corrected chi connectivity index (χ3v) is 8.41. The van der Waals surface area contributed by atoms with E-state index in [1.54, 1.807) is 0 Å². The molecule has 41 heavy (non-hydrogen) atoms. The van der Waals surface area contributed by atoms with Crippen LogP contribution in [0, 0.1) is 52.2 Å². The molecule has 192 valence electrons. The molecule has 7 rings (SSSR count). The van der Waals surface area contributed by atoms with Crippen molar-refractivity contribution >= 4 is 22.7 Å². The van der Waals surface area contributed by atoms with Crippen LogP contribution in [0.1, 0.15) is 39.7 Å². The summed E-state index contributed by atoms with van der Waals surface area (Å²) < 4.78 is 0. The Balaban J connectivity index is 1.38. The zero-order chi connectivity index (χ0) is 28.2. The summed E-state index contributed by atoms with van der Waals surface area (Å²) in [7, 11) is 0. The van der Waals surface area contributed by atoms with Crippen LogP contribution in [0.5, 0.6) is 0 Å². The molecule has 4 atom stereocenters. The number of nitriles is 4. The van der Waals surface area contributed by atoms with Gasteiger partial charge in [-0.05, 0) is 90.4 Å². The molecule has 2 aliphatic carbocycles. The van der Waals surface area contributed by atoms with Crippen LogP contribution in [0.25, 0.3) is 0 Å². The Morgan fingerprint density at radius 3 is 1.46 bits per heavy atom. The summed E-state index contributed by atoms with van der Waals surface area (Å²) in [5.41, 5.74) is 9.68. The number of rotatable bonds is 2. The number of nitrogens with zero attached hydrogens (tertiary/aromatic N) is 6. The molecule has 2 heterocycles. The van der Waals surface area contributed by atoms with Crippen molar-refractivity contribution in [3.8, 4) is 24.3 Å². The summed E-state index contributed by atoms with van der Waals surface area (Å²) in [6, 6.07) is 27.1. The molecule has 3 aromatic carbocycles. The topological polar surface area (TPSA) is 102 Å². The number of fused-ring (bicyclic) bond motifs is 6. The lowest BCUT2D eigenvalue weighted by molar-refractivity contribution is 0.735. The van der Waals surface area contributed by atoms with Crippen LogP contribution in [0.15, 0.2) is 102 Å². The van der Waals surface area contributed by atoms with Crippen LogP contribution < -0.4 is 9.80 Å². The second-order valence-electron chi connectivity index (χ2n) is 10.8. The quantitative estimate of drug-likeness (QED) is 0.357. The van der Waals surface area contributed by atoms with Gasteiger partial charge in [0.25, 0.3) is 0 Å². The van der Waals surface area contributed by atoms with Crippen molar-refractivity contribution in [1.29, 1.82) is 21.0 Å². The molecule has 0 bridgehead atoms. The zero-order valence-corrected chi connectivity index (χ0v) is 22.2. The zero-order valence-electron chi connectivity index (χ0n) is 22.2. The highest BCUT2D eigenvalue weighted by Gasteiger charge is 2.41. The third-order valence-electron chi connectivity index (χ3n) is 8.41. The molecule has 0 fully saturated rings. The van der Waals surface area contributed by atoms with E-state index in [2.05, 4.69) is 71.4 Å². The highest BCUT2D eigenvalue weighted by molar-refractivity contribution is 5.82. The molecule has 0 aromatic heterocycles. The first-order valence-electron chi connectivity index (χ1n) is 13.4. The van der Waals surface area contributed by atoms with Crippen LogP contribution in [0.3, 0.4) is 0 Å². The van der Waals surface area contributed by atoms with Crippen molar-refractivity contribution in [1.82, 2.24) is 0 Å². The molecule has 0 saturated heterocycles. The summed E-state index contributed by atoms with van der Waals surface area (Å²) in [5.74, 6) is -0.0851. The summed E-state index contributed by atoms with van der Waals surface area (Å²) >= 11 is 0. The number of hydrogen-bond acceptors (Lipinski definition) is 6. The van der Waals surface area contributed by atoms with Gasteiger partial charge in [-0.1, -0.05) is 24.3 Å². The van der Waals surface area contributed by atoms with E-state index >= 15 is 0 Å². The summed E-state index contributed by atoms with van der Waals surface area (Å²) in [5, 5.41) is 38.3. The van der Waals surface area contributed by atoms with Crippen LogP contribution in [-0.2, 0) is 0 Å². The molecule has 6 heteroatoms. The normalized spacial score (nSPS) is 22.7. The van der Waals surface area contributed by atoms with Crippen LogP contribution >= 0.6 is 0 Å². The van der Waals surface area contributed by atoms with Gasteiger partial charge in [0.1, 0.15) is 0 Å². The molecule has 6 nitrogen and oxygen atoms in total. The number of benzene rings is 3. The van der Waals surface area contributed by atoms with Crippen LogP contribution in [-0.4, -0.2) is 12.1 Å². The molecular weight excluding hydrogens is 504 g/mol. The van der Waals surface area contributed by atoms with Crippen LogP contribution in [0.2, 0.25) is 0 Å². The maximum atomic E-state index is 9.59. The Labute approximate surface area is 238 Å². The minimum Gasteiger partial charge on any atom is -0.333 e. The van der Waals surface area contributed by atoms with Crippen molar-refractivity contribution < 1.29 is 0 Å². The van der Waals surface area contributed by atoms with E-state index in [1.165, 1.54) is 0 Å². The van der Waals surface area contributed by atoms with Crippen molar-refractivity contribution in [3.05, 3.63) is 130 Å². The van der Waals surface area contributed by atoms with Crippen molar-refractivity contribution in [2.24, 2.45) is 0 Å². The van der Waals surface area contributed by atoms with Gasteiger partial charge >= 0.3 is 0 Å². The number of aryl methyl sites for hydroxylation is 1. The first-order valence-corrected chi connectivity index (χ1v) is 13.4. The Morgan fingerprint density at radius 1 is 0.585 bits per heavy atom. The van der Waals surface area contributed by atoms with Gasteiger partial charge in [-0.25, -0.2) is 0 Å². The predicted molar refractivity (Wildman–Crippen MR) is 157 cm³/mol. The Hall–Kier alpha value is -5.82. The maximum absolute atomic E-state index is 9.59. The average molecular weight is 527 g/mol. The Morgan fingerprint density at radius 2 is 1.05 bits per heavy atom. The Kier molecular flexibility index (Phi) is 5.40. The van der Waals surface area contributed by atoms with Gasteiger partial charge in [0.2, 0.25) is 0 Å². The summed E-state index contributed by atoms with van der Waals surface area (Å²) in [6.45, 7) is 2.09. The van der Waals surface area contributed by atoms with E-state index in [0.29, 0.717) is 22.3 Å². The molecule has 4 unspecified atom stereocenters. The second kappa shape index (κ2) is 9.14. The molecule has 3 aromatic rings. The number of hydrogen-bond donors (Lipinski definition) is 0. The summed E-state index contributed by atoms with van der Waals surface area (Å²) in [6.07, 6.45) is 11.9. The van der Waals surface area contributed by atoms with E-state index < -0.39 is 0 Å². The lowest BCUT2D eigenvalue weighted by Crippen LogP contribution is -2.31.